The summed E-state index contributed by atoms with van der Waals surface area (Å²) >= 11 is 0. The Morgan fingerprint density at radius 2 is 1.42 bits per heavy atom. The van der Waals surface area contributed by atoms with Crippen molar-refractivity contribution in [2.45, 2.75) is 146 Å². The molecular formula is C41H58N6O13. The van der Waals surface area contributed by atoms with Crippen LogP contribution in [0.1, 0.15) is 103 Å². The summed E-state index contributed by atoms with van der Waals surface area (Å²) in [6.07, 6.45) is 2.52. The monoisotopic (exact) mass is 842 g/mol. The van der Waals surface area contributed by atoms with Gasteiger partial charge in [0.15, 0.2) is 0 Å². The van der Waals surface area contributed by atoms with Gasteiger partial charge in [-0.15, -0.1) is 0 Å². The van der Waals surface area contributed by atoms with Crippen LogP contribution in [0.2, 0.25) is 0 Å². The molecule has 3 aliphatic rings. The first-order chi connectivity index (χ1) is 28.4. The van der Waals surface area contributed by atoms with Crippen molar-refractivity contribution in [1.29, 1.82) is 0 Å². The standard InChI is InChI=1S/C41H58N6O13/c1-23(2)34(39(57)47-21-27(60-22-26-12-8-5-9-13-26)19-31(47)38(56)46-41(16-17-41)40(58)59)45-37(55)29(18-25-10-6-4-7-11-25)44-35(53)28(14-15-32(49)50)43-36(54)30(20-33(51)52)42-24(3)48/h5,8-9,12-13,23,25,27-31,34H,4,6-7,10-11,14-22H2,1-3H3,(H,42,48)(H,43,54)(H,44,53)(H,45,55)(H,46,56)(H,49,50)(H,51,52)(H,58,59)/t27-,28-,29-,30-,31-,34-/m0/s1. The Bertz CT molecular complexity index is 1730. The smallest absolute Gasteiger partial charge is 0.329 e. The number of ether oxygens (including phenoxy) is 1. The van der Waals surface area contributed by atoms with E-state index >= 15 is 0 Å². The lowest BCUT2D eigenvalue weighted by molar-refractivity contribution is -0.146. The molecule has 1 aliphatic heterocycles. The predicted octanol–water partition coefficient (Wildman–Crippen LogP) is 0.831. The van der Waals surface area contributed by atoms with Crippen molar-refractivity contribution in [3.05, 3.63) is 35.9 Å². The molecule has 2 aliphatic carbocycles. The minimum atomic E-state index is -1.59. The van der Waals surface area contributed by atoms with E-state index in [1.165, 1.54) is 4.90 Å². The number of aliphatic carboxylic acids is 3. The Hall–Kier alpha value is -5.59. The molecule has 1 aromatic carbocycles. The molecule has 4 rings (SSSR count). The number of likely N-dealkylation sites (tertiary alicyclic amines) is 1. The summed E-state index contributed by atoms with van der Waals surface area (Å²) < 4.78 is 6.13. The van der Waals surface area contributed by atoms with Gasteiger partial charge in [-0.25, -0.2) is 4.79 Å². The molecule has 0 radical (unpaired) electrons. The van der Waals surface area contributed by atoms with Crippen LogP contribution in [0, 0.1) is 11.8 Å². The Morgan fingerprint density at radius 3 is 1.98 bits per heavy atom. The second kappa shape index (κ2) is 21.6. The van der Waals surface area contributed by atoms with E-state index in [0.717, 1.165) is 44.6 Å². The Kier molecular flexibility index (Phi) is 17.0. The van der Waals surface area contributed by atoms with Gasteiger partial charge in [0.05, 0.1) is 19.1 Å². The van der Waals surface area contributed by atoms with Crippen LogP contribution in [0.5, 0.6) is 0 Å². The molecule has 0 aromatic heterocycles. The minimum absolute atomic E-state index is 0.00654. The third-order valence-corrected chi connectivity index (χ3v) is 11.2. The lowest BCUT2D eigenvalue weighted by atomic mass is 9.84. The van der Waals surface area contributed by atoms with E-state index in [1.807, 2.05) is 30.3 Å². The summed E-state index contributed by atoms with van der Waals surface area (Å²) in [6.45, 7) is 4.61. The normalized spacial score (nSPS) is 20.4. The highest BCUT2D eigenvalue weighted by Gasteiger charge is 2.54. The van der Waals surface area contributed by atoms with Crippen LogP contribution in [0.4, 0.5) is 0 Å². The third kappa shape index (κ3) is 13.7. The van der Waals surface area contributed by atoms with Gasteiger partial charge < -0.3 is 51.5 Å². The van der Waals surface area contributed by atoms with Crippen LogP contribution in [-0.2, 0) is 54.5 Å². The zero-order valence-electron chi connectivity index (χ0n) is 34.3. The van der Waals surface area contributed by atoms with E-state index < -0.39 is 120 Å². The van der Waals surface area contributed by atoms with Crippen LogP contribution in [-0.4, -0.2) is 122 Å². The number of rotatable bonds is 22. The van der Waals surface area contributed by atoms with E-state index in [2.05, 4.69) is 26.6 Å². The van der Waals surface area contributed by atoms with Gasteiger partial charge in [-0.2, -0.15) is 0 Å². The lowest BCUT2D eigenvalue weighted by Gasteiger charge is -2.33. The number of carboxylic acid groups (broad SMARTS) is 3. The van der Waals surface area contributed by atoms with Gasteiger partial charge in [0.25, 0.3) is 0 Å². The molecule has 8 N–H and O–H groups in total. The number of carbonyl (C=O) groups excluding carboxylic acids is 6. The molecule has 0 spiro atoms. The highest BCUT2D eigenvalue weighted by atomic mass is 16.5. The number of benzene rings is 1. The van der Waals surface area contributed by atoms with Crippen LogP contribution in [0.15, 0.2) is 30.3 Å². The predicted molar refractivity (Wildman–Crippen MR) is 211 cm³/mol. The number of carbonyl (C=O) groups is 9. The van der Waals surface area contributed by atoms with Gasteiger partial charge in [0.2, 0.25) is 35.4 Å². The van der Waals surface area contributed by atoms with Crippen molar-refractivity contribution in [2.75, 3.05) is 6.54 Å². The molecule has 3 fully saturated rings. The lowest BCUT2D eigenvalue weighted by Crippen LogP contribution is -2.60. The number of nitrogens with zero attached hydrogens (tertiary/aromatic N) is 1. The summed E-state index contributed by atoms with van der Waals surface area (Å²) in [7, 11) is 0. The maximum Gasteiger partial charge on any atom is 0.329 e. The van der Waals surface area contributed by atoms with Crippen molar-refractivity contribution >= 4 is 53.4 Å². The highest BCUT2D eigenvalue weighted by Crippen LogP contribution is 2.36. The van der Waals surface area contributed by atoms with Crippen molar-refractivity contribution in [3.8, 4) is 0 Å². The summed E-state index contributed by atoms with van der Waals surface area (Å²) in [5, 5.41) is 41.1. The summed E-state index contributed by atoms with van der Waals surface area (Å²) in [5.41, 5.74) is -0.560. The van der Waals surface area contributed by atoms with Crippen molar-refractivity contribution in [1.82, 2.24) is 31.5 Å². The first kappa shape index (κ1) is 47.1. The van der Waals surface area contributed by atoms with Crippen LogP contribution < -0.4 is 26.6 Å². The minimum Gasteiger partial charge on any atom is -0.481 e. The molecule has 1 heterocycles. The SMILES string of the molecule is CC(=O)N[C@@H](CC(=O)O)C(=O)N[C@@H](CCC(=O)O)C(=O)N[C@@H](CC1CCCCC1)C(=O)N[C@H](C(=O)N1C[C@@H](OCc2ccccc2)C[C@H]1C(=O)NC1(C(=O)O)CC1)C(C)C. The molecule has 1 saturated heterocycles. The van der Waals surface area contributed by atoms with Crippen molar-refractivity contribution < 1.29 is 63.2 Å². The van der Waals surface area contributed by atoms with E-state index in [4.69, 9.17) is 4.74 Å². The van der Waals surface area contributed by atoms with Crippen molar-refractivity contribution in [3.63, 3.8) is 0 Å². The maximum atomic E-state index is 14.5. The van der Waals surface area contributed by atoms with E-state index in [1.54, 1.807) is 13.8 Å². The van der Waals surface area contributed by atoms with E-state index in [0.29, 0.717) is 0 Å². The van der Waals surface area contributed by atoms with Gasteiger partial charge in [0, 0.05) is 26.3 Å². The summed E-state index contributed by atoms with van der Waals surface area (Å²) in [6, 6.07) is 2.52. The second-order valence-corrected chi connectivity index (χ2v) is 16.4. The second-order valence-electron chi connectivity index (χ2n) is 16.4. The van der Waals surface area contributed by atoms with Gasteiger partial charge >= 0.3 is 17.9 Å². The van der Waals surface area contributed by atoms with Gasteiger partial charge in [-0.3, -0.25) is 38.4 Å². The topological polar surface area (TPSA) is 287 Å². The fourth-order valence-electron chi connectivity index (χ4n) is 7.68. The summed E-state index contributed by atoms with van der Waals surface area (Å²) in [5.74, 6) is -9.19. The molecule has 1 aromatic rings. The number of amides is 6. The first-order valence-electron chi connectivity index (χ1n) is 20.5. The third-order valence-electron chi connectivity index (χ3n) is 11.2. The number of hydrogen-bond donors (Lipinski definition) is 8. The highest BCUT2D eigenvalue weighted by molar-refractivity contribution is 5.98. The molecule has 0 bridgehead atoms. The average Bonchev–Trinajstić information content (AvgIpc) is 3.85. The number of hydrogen-bond acceptors (Lipinski definition) is 10. The first-order valence-corrected chi connectivity index (χ1v) is 20.5. The quantitative estimate of drug-likeness (QED) is 0.0804. The zero-order chi connectivity index (χ0) is 44.1. The molecule has 19 nitrogen and oxygen atoms in total. The Morgan fingerprint density at radius 1 is 0.800 bits per heavy atom. The largest absolute Gasteiger partial charge is 0.481 e. The van der Waals surface area contributed by atoms with Gasteiger partial charge in [0.1, 0.15) is 35.7 Å². The molecule has 330 valence electrons. The fourth-order valence-corrected chi connectivity index (χ4v) is 7.68. The molecular weight excluding hydrogens is 784 g/mol. The number of nitrogens with one attached hydrogen (secondary N) is 5. The van der Waals surface area contributed by atoms with Crippen molar-refractivity contribution in [2.24, 2.45) is 11.8 Å². The van der Waals surface area contributed by atoms with Crippen LogP contribution >= 0.6 is 0 Å². The molecule has 6 amide bonds. The maximum absolute atomic E-state index is 14.5. The molecule has 2 saturated carbocycles. The van der Waals surface area contributed by atoms with Gasteiger partial charge in [-0.1, -0.05) is 76.3 Å². The summed E-state index contributed by atoms with van der Waals surface area (Å²) in [4.78, 5) is 117. The fraction of sp³-hybridized carbons (Fsp3) is 0.634. The molecule has 0 unspecified atom stereocenters. The van der Waals surface area contributed by atoms with E-state index in [9.17, 15) is 58.5 Å². The molecule has 60 heavy (non-hydrogen) atoms. The molecule has 19 heteroatoms. The van der Waals surface area contributed by atoms with Crippen LogP contribution in [0.25, 0.3) is 0 Å². The van der Waals surface area contributed by atoms with E-state index in [-0.39, 0.29) is 44.8 Å². The molecule has 6 atom stereocenters. The average molecular weight is 843 g/mol. The van der Waals surface area contributed by atoms with Crippen LogP contribution in [0.3, 0.4) is 0 Å². The Labute approximate surface area is 348 Å². The zero-order valence-corrected chi connectivity index (χ0v) is 34.3. The number of carboxylic acids is 3. The Balaban J connectivity index is 1.57. The van der Waals surface area contributed by atoms with Gasteiger partial charge in [-0.05, 0) is 43.1 Å².